The van der Waals surface area contributed by atoms with Crippen LogP contribution in [0, 0.1) is 0 Å². The van der Waals surface area contributed by atoms with Crippen LogP contribution in [0.4, 0.5) is 43.9 Å². The molecule has 0 aliphatic heterocycles. The molecule has 4 nitrogen and oxygen atoms in total. The van der Waals surface area contributed by atoms with Crippen LogP contribution in [0.25, 0.3) is 11.1 Å². The van der Waals surface area contributed by atoms with Gasteiger partial charge in [0.25, 0.3) is 0 Å². The zero-order valence-electron chi connectivity index (χ0n) is 14.6. The summed E-state index contributed by atoms with van der Waals surface area (Å²) in [7, 11) is 0. The van der Waals surface area contributed by atoms with Crippen molar-refractivity contribution in [2.75, 3.05) is 0 Å². The molecule has 1 N–H and O–H groups in total. The van der Waals surface area contributed by atoms with Crippen LogP contribution in [0.15, 0.2) is 48.5 Å². The first kappa shape index (κ1) is 24.2. The van der Waals surface area contributed by atoms with Gasteiger partial charge in [-0.2, -0.15) is 39.5 Å². The summed E-state index contributed by atoms with van der Waals surface area (Å²) in [5.74, 6) is -11.2. The van der Waals surface area contributed by atoms with E-state index in [1.54, 1.807) is 0 Å². The van der Waals surface area contributed by atoms with E-state index < -0.39 is 41.2 Å². The first-order chi connectivity index (χ1) is 14.0. The van der Waals surface area contributed by atoms with Gasteiger partial charge in [0, 0.05) is 0 Å². The first-order valence-electron chi connectivity index (χ1n) is 7.79. The zero-order valence-corrected chi connectivity index (χ0v) is 14.6. The minimum absolute atomic E-state index is 0.0976. The highest BCUT2D eigenvalue weighted by Crippen LogP contribution is 2.48. The van der Waals surface area contributed by atoms with Crippen molar-refractivity contribution in [1.29, 1.82) is 0 Å². The molecule has 2 rings (SSSR count). The van der Waals surface area contributed by atoms with E-state index in [-0.39, 0.29) is 5.75 Å². The predicted molar refractivity (Wildman–Crippen MR) is 83.0 cm³/mol. The number of aromatic hydroxyl groups is 1. The highest BCUT2D eigenvalue weighted by atomic mass is 19.4. The van der Waals surface area contributed by atoms with Crippen molar-refractivity contribution in [2.24, 2.45) is 0 Å². The van der Waals surface area contributed by atoms with Crippen LogP contribution in [0.2, 0.25) is 0 Å². The van der Waals surface area contributed by atoms with Crippen LogP contribution in [0.3, 0.4) is 0 Å². The maximum atomic E-state index is 14.3. The Morgan fingerprint density at radius 2 is 1.10 bits per heavy atom. The molecule has 0 unspecified atom stereocenters. The second-order valence-corrected chi connectivity index (χ2v) is 5.85. The van der Waals surface area contributed by atoms with E-state index in [2.05, 4.69) is 4.74 Å². The number of hydrogen-bond acceptors (Lipinski definition) is 4. The Kier molecular flexibility index (Phi) is 6.18. The number of rotatable bonds is 4. The fraction of sp³-hybridized carbons (Fsp3) is 0.235. The third-order valence-electron chi connectivity index (χ3n) is 3.73. The van der Waals surface area contributed by atoms with Crippen LogP contribution in [-0.2, 0) is 4.79 Å². The van der Waals surface area contributed by atoms with Crippen molar-refractivity contribution < 1.29 is 58.5 Å². The van der Waals surface area contributed by atoms with Crippen molar-refractivity contribution in [3.63, 3.8) is 0 Å². The summed E-state index contributed by atoms with van der Waals surface area (Å²) in [6.07, 6.45) is -20.9. The third kappa shape index (κ3) is 5.00. The summed E-state index contributed by atoms with van der Waals surface area (Å²) in [5.41, 5.74) is 0.750. The molecule has 1 atom stereocenters. The number of nitrogens with zero attached hydrogens (tertiary/aromatic N) is 1. The molecule has 0 amide bonds. The molecule has 2 aromatic rings. The van der Waals surface area contributed by atoms with Gasteiger partial charge in [-0.25, -0.2) is 9.18 Å². The SMILES string of the molecule is O=C(Oc1ccc(-c2ccc(O)cc2)cc1)[C@](F)(N(C(F)(F)F)C(F)(F)F)C(F)(F)F. The van der Waals surface area contributed by atoms with E-state index in [4.69, 9.17) is 0 Å². The van der Waals surface area contributed by atoms with Gasteiger partial charge < -0.3 is 9.84 Å². The molecule has 31 heavy (non-hydrogen) atoms. The molecule has 0 aliphatic carbocycles. The molecule has 0 radical (unpaired) electrons. The Labute approximate surface area is 166 Å². The number of ether oxygens (including phenoxy) is 1. The summed E-state index contributed by atoms with van der Waals surface area (Å²) in [6.45, 7) is 0. The van der Waals surface area contributed by atoms with Crippen molar-refractivity contribution >= 4 is 5.97 Å². The summed E-state index contributed by atoms with van der Waals surface area (Å²) in [4.78, 5) is 8.11. The fourth-order valence-electron chi connectivity index (χ4n) is 2.37. The number of phenolic OH excluding ortho intramolecular Hbond substituents is 1. The lowest BCUT2D eigenvalue weighted by Gasteiger charge is -2.37. The number of halogens is 10. The lowest BCUT2D eigenvalue weighted by atomic mass is 10.1. The second kappa shape index (κ2) is 7.90. The Balaban J connectivity index is 2.40. The maximum absolute atomic E-state index is 14.3. The van der Waals surface area contributed by atoms with Gasteiger partial charge in [0.05, 0.1) is 0 Å². The van der Waals surface area contributed by atoms with Gasteiger partial charge in [0.15, 0.2) is 0 Å². The maximum Gasteiger partial charge on any atom is 0.470 e. The molecule has 14 heteroatoms. The monoisotopic (exact) mass is 465 g/mol. The lowest BCUT2D eigenvalue weighted by Crippen LogP contribution is -2.70. The smallest absolute Gasteiger partial charge is 0.470 e. The van der Waals surface area contributed by atoms with Gasteiger partial charge >= 0.3 is 30.5 Å². The third-order valence-corrected chi connectivity index (χ3v) is 3.73. The van der Waals surface area contributed by atoms with Crippen LogP contribution < -0.4 is 4.74 Å². The van der Waals surface area contributed by atoms with E-state index in [1.165, 1.54) is 24.3 Å². The zero-order chi connectivity index (χ0) is 23.8. The number of esters is 1. The minimum atomic E-state index is -6.97. The summed E-state index contributed by atoms with van der Waals surface area (Å²) < 4.78 is 133. The van der Waals surface area contributed by atoms with E-state index in [9.17, 15) is 53.8 Å². The van der Waals surface area contributed by atoms with Crippen LogP contribution in [-0.4, -0.2) is 40.5 Å². The minimum Gasteiger partial charge on any atom is -0.508 e. The Hall–Kier alpha value is -3.03. The quantitative estimate of drug-likeness (QED) is 0.279. The molecule has 2 aromatic carbocycles. The van der Waals surface area contributed by atoms with Gasteiger partial charge in [-0.05, 0) is 35.4 Å². The Morgan fingerprint density at radius 3 is 1.45 bits per heavy atom. The molecular weight excluding hydrogens is 456 g/mol. The molecule has 0 saturated heterocycles. The number of carbonyl (C=O) groups excluding carboxylic acids is 1. The van der Waals surface area contributed by atoms with Crippen molar-refractivity contribution in [3.8, 4) is 22.6 Å². The summed E-state index contributed by atoms with van der Waals surface area (Å²) in [5, 5.41) is 9.20. The van der Waals surface area contributed by atoms with Crippen LogP contribution in [0.5, 0.6) is 11.5 Å². The van der Waals surface area contributed by atoms with E-state index in [1.807, 2.05) is 0 Å². The van der Waals surface area contributed by atoms with Crippen LogP contribution >= 0.6 is 0 Å². The number of benzene rings is 2. The molecule has 170 valence electrons. The topological polar surface area (TPSA) is 49.8 Å². The average molecular weight is 465 g/mol. The predicted octanol–water partition coefficient (Wildman–Crippen LogP) is 5.53. The molecule has 0 bridgehead atoms. The number of hydrogen-bond donors (Lipinski definition) is 1. The Bertz CT molecular complexity index is 906. The number of alkyl halides is 10. The van der Waals surface area contributed by atoms with Crippen LogP contribution in [0.1, 0.15) is 0 Å². The molecule has 0 aliphatic rings. The largest absolute Gasteiger partial charge is 0.508 e. The highest BCUT2D eigenvalue weighted by Gasteiger charge is 2.79. The molecule has 0 spiro atoms. The average Bonchev–Trinajstić information content (AvgIpc) is 2.59. The lowest BCUT2D eigenvalue weighted by molar-refractivity contribution is -0.446. The van der Waals surface area contributed by atoms with Gasteiger partial charge in [-0.1, -0.05) is 29.2 Å². The molecule has 0 fully saturated rings. The molecule has 0 aromatic heterocycles. The van der Waals surface area contributed by atoms with Crippen molar-refractivity contribution in [1.82, 2.24) is 4.90 Å². The van der Waals surface area contributed by atoms with Crippen molar-refractivity contribution in [3.05, 3.63) is 48.5 Å². The summed E-state index contributed by atoms with van der Waals surface area (Å²) in [6, 6.07) is 8.94. The highest BCUT2D eigenvalue weighted by molar-refractivity contribution is 5.82. The molecule has 0 heterocycles. The normalized spacial score (nSPS) is 14.9. The van der Waals surface area contributed by atoms with E-state index in [0.29, 0.717) is 11.1 Å². The molecular formula is C17H9F10NO3. The van der Waals surface area contributed by atoms with Gasteiger partial charge in [-0.15, -0.1) is 0 Å². The van der Waals surface area contributed by atoms with Gasteiger partial charge in [-0.3, -0.25) is 0 Å². The Morgan fingerprint density at radius 1 is 0.710 bits per heavy atom. The number of carbonyl (C=O) groups is 1. The van der Waals surface area contributed by atoms with E-state index in [0.717, 1.165) is 24.3 Å². The van der Waals surface area contributed by atoms with E-state index >= 15 is 0 Å². The second-order valence-electron chi connectivity index (χ2n) is 5.85. The standard InChI is InChI=1S/C17H9F10NO3/c18-14(15(19,20)21,28(16(22,23)24)17(25,26)27)13(30)31-12-7-3-10(4-8-12)9-1-5-11(29)6-2-9/h1-8,29H/t14-/m0/s1. The van der Waals surface area contributed by atoms with Gasteiger partial charge in [0.2, 0.25) is 0 Å². The molecule has 0 saturated carbocycles. The fourth-order valence-corrected chi connectivity index (χ4v) is 2.37. The number of phenols is 1. The summed E-state index contributed by atoms with van der Waals surface area (Å²) >= 11 is 0. The van der Waals surface area contributed by atoms with Gasteiger partial charge in [0.1, 0.15) is 11.5 Å². The first-order valence-corrected chi connectivity index (χ1v) is 7.79. The van der Waals surface area contributed by atoms with Crippen molar-refractivity contribution in [2.45, 2.75) is 24.6 Å².